The van der Waals surface area contributed by atoms with Gasteiger partial charge in [-0.3, -0.25) is 0 Å². The van der Waals surface area contributed by atoms with Crippen molar-refractivity contribution < 1.29 is 4.74 Å². The lowest BCUT2D eigenvalue weighted by Crippen LogP contribution is -2.03. The zero-order chi connectivity index (χ0) is 12.1. The first-order valence-electron chi connectivity index (χ1n) is 7.11. The highest BCUT2D eigenvalue weighted by atomic mass is 16.5. The molecule has 1 aromatic carbocycles. The van der Waals surface area contributed by atoms with Crippen LogP contribution in [0.1, 0.15) is 63.0 Å². The monoisotopic (exact) mass is 232 g/mol. The van der Waals surface area contributed by atoms with Gasteiger partial charge in [-0.25, -0.2) is 0 Å². The van der Waals surface area contributed by atoms with E-state index >= 15 is 0 Å². The van der Waals surface area contributed by atoms with Crippen LogP contribution < -0.4 is 4.74 Å². The first-order chi connectivity index (χ1) is 8.36. The van der Waals surface area contributed by atoms with E-state index in [9.17, 15) is 0 Å². The second-order valence-electron chi connectivity index (χ2n) is 5.01. The van der Waals surface area contributed by atoms with Crippen LogP contribution in [0.25, 0.3) is 0 Å². The minimum atomic E-state index is 0.787. The largest absolute Gasteiger partial charge is 0.493 e. The summed E-state index contributed by atoms with van der Waals surface area (Å²) in [6.07, 6.45) is 7.69. The molecule has 0 spiro atoms. The van der Waals surface area contributed by atoms with Crippen molar-refractivity contribution in [3.8, 4) is 5.75 Å². The molecule has 1 aliphatic rings. The van der Waals surface area contributed by atoms with Crippen molar-refractivity contribution in [2.24, 2.45) is 0 Å². The lowest BCUT2D eigenvalue weighted by molar-refractivity contribution is 0.313. The minimum Gasteiger partial charge on any atom is -0.493 e. The van der Waals surface area contributed by atoms with Gasteiger partial charge in [-0.2, -0.15) is 0 Å². The van der Waals surface area contributed by atoms with Gasteiger partial charge in [0, 0.05) is 0 Å². The predicted molar refractivity (Wildman–Crippen MR) is 72.8 cm³/mol. The van der Waals surface area contributed by atoms with E-state index in [1.807, 2.05) is 0 Å². The van der Waals surface area contributed by atoms with E-state index < -0.39 is 0 Å². The standard InChI is InChI=1S/C16H24O/c1-3-12-17-16-11-7-10-15(14(16)4-2)13-8-5-6-9-13/h7,10-11,13H,3-6,8-9,12H2,1-2H3. The van der Waals surface area contributed by atoms with Gasteiger partial charge < -0.3 is 4.74 Å². The summed E-state index contributed by atoms with van der Waals surface area (Å²) in [7, 11) is 0. The highest BCUT2D eigenvalue weighted by Gasteiger charge is 2.20. The highest BCUT2D eigenvalue weighted by molar-refractivity contribution is 5.42. The van der Waals surface area contributed by atoms with E-state index in [2.05, 4.69) is 32.0 Å². The Kier molecular flexibility index (Phi) is 4.47. The van der Waals surface area contributed by atoms with E-state index in [1.54, 1.807) is 5.56 Å². The highest BCUT2D eigenvalue weighted by Crippen LogP contribution is 2.38. The zero-order valence-corrected chi connectivity index (χ0v) is 11.2. The van der Waals surface area contributed by atoms with Crippen molar-refractivity contribution in [1.82, 2.24) is 0 Å². The van der Waals surface area contributed by atoms with E-state index in [4.69, 9.17) is 4.74 Å². The third kappa shape index (κ3) is 2.83. The van der Waals surface area contributed by atoms with Crippen LogP contribution in [0.2, 0.25) is 0 Å². The Morgan fingerprint density at radius 2 is 1.94 bits per heavy atom. The fourth-order valence-electron chi connectivity index (χ4n) is 2.93. The van der Waals surface area contributed by atoms with Crippen molar-refractivity contribution in [1.29, 1.82) is 0 Å². The van der Waals surface area contributed by atoms with Crippen LogP contribution in [-0.4, -0.2) is 6.61 Å². The van der Waals surface area contributed by atoms with Crippen LogP contribution in [-0.2, 0) is 6.42 Å². The SMILES string of the molecule is CCCOc1cccc(C2CCCC2)c1CC. The normalized spacial score (nSPS) is 16.4. The summed E-state index contributed by atoms with van der Waals surface area (Å²) >= 11 is 0. The smallest absolute Gasteiger partial charge is 0.122 e. The van der Waals surface area contributed by atoms with Crippen LogP contribution in [0.3, 0.4) is 0 Å². The maximum Gasteiger partial charge on any atom is 0.122 e. The number of benzene rings is 1. The van der Waals surface area contributed by atoms with Gasteiger partial charge in [0.15, 0.2) is 0 Å². The van der Waals surface area contributed by atoms with Gasteiger partial charge in [-0.15, -0.1) is 0 Å². The predicted octanol–water partition coefficient (Wildman–Crippen LogP) is 4.70. The maximum absolute atomic E-state index is 5.88. The molecular weight excluding hydrogens is 208 g/mol. The van der Waals surface area contributed by atoms with Gasteiger partial charge in [-0.05, 0) is 48.8 Å². The number of rotatable bonds is 5. The summed E-state index contributed by atoms with van der Waals surface area (Å²) in [4.78, 5) is 0. The van der Waals surface area contributed by atoms with Gasteiger partial charge in [0.05, 0.1) is 6.61 Å². The molecule has 1 aliphatic carbocycles. The molecule has 0 aromatic heterocycles. The van der Waals surface area contributed by atoms with Gasteiger partial charge in [0.2, 0.25) is 0 Å². The summed E-state index contributed by atoms with van der Waals surface area (Å²) < 4.78 is 5.88. The molecule has 0 bridgehead atoms. The number of ether oxygens (including phenoxy) is 1. The van der Waals surface area contributed by atoms with E-state index in [-0.39, 0.29) is 0 Å². The Balaban J connectivity index is 2.24. The van der Waals surface area contributed by atoms with Crippen LogP contribution >= 0.6 is 0 Å². The van der Waals surface area contributed by atoms with Crippen LogP contribution in [0.5, 0.6) is 5.75 Å². The molecule has 1 heteroatoms. The molecule has 0 radical (unpaired) electrons. The fourth-order valence-corrected chi connectivity index (χ4v) is 2.93. The molecule has 2 rings (SSSR count). The molecule has 0 aliphatic heterocycles. The molecule has 0 N–H and O–H groups in total. The molecule has 0 amide bonds. The van der Waals surface area contributed by atoms with E-state index in [0.29, 0.717) is 0 Å². The van der Waals surface area contributed by atoms with Gasteiger partial charge in [0.1, 0.15) is 5.75 Å². The molecule has 0 saturated heterocycles. The Morgan fingerprint density at radius 1 is 1.18 bits per heavy atom. The molecule has 1 fully saturated rings. The summed E-state index contributed by atoms with van der Waals surface area (Å²) in [5.74, 6) is 1.91. The molecule has 1 aromatic rings. The van der Waals surface area contributed by atoms with Crippen molar-refractivity contribution in [2.75, 3.05) is 6.61 Å². The van der Waals surface area contributed by atoms with Crippen molar-refractivity contribution in [2.45, 2.75) is 58.3 Å². The summed E-state index contributed by atoms with van der Waals surface area (Å²) in [5, 5.41) is 0. The summed E-state index contributed by atoms with van der Waals surface area (Å²) in [5.41, 5.74) is 3.01. The topological polar surface area (TPSA) is 9.23 Å². The Morgan fingerprint density at radius 3 is 2.59 bits per heavy atom. The van der Waals surface area contributed by atoms with Crippen molar-refractivity contribution in [3.63, 3.8) is 0 Å². The molecular formula is C16H24O. The number of hydrogen-bond donors (Lipinski definition) is 0. The van der Waals surface area contributed by atoms with Gasteiger partial charge >= 0.3 is 0 Å². The minimum absolute atomic E-state index is 0.787. The second-order valence-corrected chi connectivity index (χ2v) is 5.01. The first kappa shape index (κ1) is 12.5. The molecule has 94 valence electrons. The molecule has 0 unspecified atom stereocenters. The van der Waals surface area contributed by atoms with E-state index in [0.717, 1.165) is 31.1 Å². The lowest BCUT2D eigenvalue weighted by Gasteiger charge is -2.18. The third-order valence-corrected chi connectivity index (χ3v) is 3.78. The molecule has 17 heavy (non-hydrogen) atoms. The average Bonchev–Trinajstić information content (AvgIpc) is 2.89. The lowest BCUT2D eigenvalue weighted by atomic mass is 9.91. The summed E-state index contributed by atoms with van der Waals surface area (Å²) in [6, 6.07) is 6.61. The summed E-state index contributed by atoms with van der Waals surface area (Å²) in [6.45, 7) is 5.24. The third-order valence-electron chi connectivity index (χ3n) is 3.78. The maximum atomic E-state index is 5.88. The molecule has 1 saturated carbocycles. The Bertz CT molecular complexity index is 351. The van der Waals surface area contributed by atoms with Crippen molar-refractivity contribution in [3.05, 3.63) is 29.3 Å². The first-order valence-corrected chi connectivity index (χ1v) is 7.11. The fraction of sp³-hybridized carbons (Fsp3) is 0.625. The Labute approximate surface area is 105 Å². The zero-order valence-electron chi connectivity index (χ0n) is 11.2. The average molecular weight is 232 g/mol. The molecule has 0 heterocycles. The van der Waals surface area contributed by atoms with E-state index in [1.165, 1.54) is 31.2 Å². The quantitative estimate of drug-likeness (QED) is 0.715. The van der Waals surface area contributed by atoms with Crippen LogP contribution in [0.15, 0.2) is 18.2 Å². The number of hydrogen-bond acceptors (Lipinski definition) is 1. The van der Waals surface area contributed by atoms with Gasteiger partial charge in [0.25, 0.3) is 0 Å². The van der Waals surface area contributed by atoms with Gasteiger partial charge in [-0.1, -0.05) is 38.8 Å². The van der Waals surface area contributed by atoms with Crippen LogP contribution in [0, 0.1) is 0 Å². The molecule has 0 atom stereocenters. The van der Waals surface area contributed by atoms with Crippen molar-refractivity contribution >= 4 is 0 Å². The molecule has 1 nitrogen and oxygen atoms in total. The second kappa shape index (κ2) is 6.09. The van der Waals surface area contributed by atoms with Crippen LogP contribution in [0.4, 0.5) is 0 Å². The Hall–Kier alpha value is -0.980.